The fourth-order valence-corrected chi connectivity index (χ4v) is 4.70. The molecule has 0 spiro atoms. The molecular weight excluding hydrogens is 252 g/mol. The predicted molar refractivity (Wildman–Crippen MR) is 86.9 cm³/mol. The summed E-state index contributed by atoms with van der Waals surface area (Å²) in [5.41, 5.74) is 0.465. The highest BCUT2D eigenvalue weighted by Gasteiger charge is 2.31. The van der Waals surface area contributed by atoms with E-state index in [1.54, 1.807) is 0 Å². The molecule has 2 nitrogen and oxygen atoms in total. The molecule has 2 rings (SSSR count). The molecule has 0 aromatic rings. The molecule has 2 unspecified atom stereocenters. The first-order valence-corrected chi connectivity index (χ1v) is 9.15. The quantitative estimate of drug-likeness (QED) is 0.823. The molecule has 0 aromatic heterocycles. The molecule has 3 heteroatoms. The Morgan fingerprint density at radius 3 is 2.53 bits per heavy atom. The van der Waals surface area contributed by atoms with Crippen LogP contribution in [0, 0.1) is 11.3 Å². The van der Waals surface area contributed by atoms with Gasteiger partial charge in [0.1, 0.15) is 0 Å². The summed E-state index contributed by atoms with van der Waals surface area (Å²) in [5.74, 6) is 2.11. The van der Waals surface area contributed by atoms with E-state index in [4.69, 9.17) is 4.99 Å². The Balaban J connectivity index is 1.91. The molecule has 0 amide bonds. The lowest BCUT2D eigenvalue weighted by Crippen LogP contribution is -2.43. The second-order valence-electron chi connectivity index (χ2n) is 6.32. The number of rotatable bonds is 4. The predicted octanol–water partition coefficient (Wildman–Crippen LogP) is 4.45. The van der Waals surface area contributed by atoms with Crippen LogP contribution in [0.2, 0.25) is 0 Å². The van der Waals surface area contributed by atoms with Crippen LogP contribution in [0.1, 0.15) is 65.7 Å². The largest absolute Gasteiger partial charge is 0.362 e. The van der Waals surface area contributed by atoms with Gasteiger partial charge in [0, 0.05) is 18.3 Å². The monoisotopic (exact) mass is 282 g/mol. The highest BCUT2D eigenvalue weighted by Crippen LogP contribution is 2.35. The van der Waals surface area contributed by atoms with Crippen LogP contribution in [0.15, 0.2) is 4.99 Å². The van der Waals surface area contributed by atoms with E-state index in [-0.39, 0.29) is 0 Å². The number of nitrogens with zero attached hydrogens (tertiary/aromatic N) is 1. The van der Waals surface area contributed by atoms with Gasteiger partial charge in [-0.2, -0.15) is 0 Å². The minimum atomic E-state index is 0.465. The molecule has 0 radical (unpaired) electrons. The third kappa shape index (κ3) is 3.68. The Labute approximate surface area is 123 Å². The number of hydrogen-bond acceptors (Lipinski definition) is 3. The maximum Gasteiger partial charge on any atom is 0.156 e. The first-order chi connectivity index (χ1) is 9.23. The van der Waals surface area contributed by atoms with Gasteiger partial charge >= 0.3 is 0 Å². The third-order valence-electron chi connectivity index (χ3n) is 5.32. The molecule has 0 saturated heterocycles. The van der Waals surface area contributed by atoms with Gasteiger partial charge in [0.25, 0.3) is 0 Å². The number of hydrogen-bond donors (Lipinski definition) is 1. The average Bonchev–Trinajstić information content (AvgIpc) is 2.49. The molecule has 1 N–H and O–H groups in total. The molecule has 0 aromatic carbocycles. The summed E-state index contributed by atoms with van der Waals surface area (Å²) in [6.07, 6.45) is 9.38. The third-order valence-corrected chi connectivity index (χ3v) is 6.59. The molecular formula is C16H30N2S. The summed E-state index contributed by atoms with van der Waals surface area (Å²) in [6, 6.07) is 0.681. The molecule has 110 valence electrons. The number of nitrogens with one attached hydrogen (secondary N) is 1. The fourth-order valence-electron chi connectivity index (χ4n) is 3.36. The maximum atomic E-state index is 4.86. The lowest BCUT2D eigenvalue weighted by atomic mass is 9.83. The zero-order valence-electron chi connectivity index (χ0n) is 12.9. The average molecular weight is 282 g/mol. The van der Waals surface area contributed by atoms with Gasteiger partial charge < -0.3 is 5.32 Å². The first kappa shape index (κ1) is 15.2. The van der Waals surface area contributed by atoms with Gasteiger partial charge in [-0.05, 0) is 37.0 Å². The summed E-state index contributed by atoms with van der Waals surface area (Å²) in [4.78, 5) is 4.86. The molecule has 0 bridgehead atoms. The molecule has 1 saturated carbocycles. The van der Waals surface area contributed by atoms with E-state index >= 15 is 0 Å². The Kier molecular flexibility index (Phi) is 5.61. The van der Waals surface area contributed by atoms with Crippen molar-refractivity contribution in [2.45, 2.75) is 71.8 Å². The van der Waals surface area contributed by atoms with Crippen LogP contribution in [-0.2, 0) is 0 Å². The van der Waals surface area contributed by atoms with Gasteiger partial charge in [-0.25, -0.2) is 0 Å². The van der Waals surface area contributed by atoms with Gasteiger partial charge in [0.2, 0.25) is 0 Å². The minimum Gasteiger partial charge on any atom is -0.362 e. The van der Waals surface area contributed by atoms with Crippen LogP contribution in [0.25, 0.3) is 0 Å². The summed E-state index contributed by atoms with van der Waals surface area (Å²) in [5, 5.41) is 4.98. The van der Waals surface area contributed by atoms with Crippen LogP contribution in [0.3, 0.4) is 0 Å². The van der Waals surface area contributed by atoms with E-state index in [0.717, 1.165) is 12.5 Å². The van der Waals surface area contributed by atoms with E-state index in [1.807, 2.05) is 11.8 Å². The smallest absolute Gasteiger partial charge is 0.156 e. The summed E-state index contributed by atoms with van der Waals surface area (Å²) in [6.45, 7) is 7.98. The summed E-state index contributed by atoms with van der Waals surface area (Å²) < 4.78 is 0. The number of thioether (sulfide) groups is 1. The van der Waals surface area contributed by atoms with E-state index < -0.39 is 0 Å². The SMILES string of the molecule is CCC1CCCCC1NC1=NCC(CC)(CC)CS1. The Bertz CT molecular complexity index is 310. The van der Waals surface area contributed by atoms with Crippen molar-refractivity contribution in [2.24, 2.45) is 16.3 Å². The molecule has 1 fully saturated rings. The lowest BCUT2D eigenvalue weighted by molar-refractivity contribution is 0.279. The highest BCUT2D eigenvalue weighted by molar-refractivity contribution is 8.13. The van der Waals surface area contributed by atoms with E-state index in [1.165, 1.54) is 55.9 Å². The molecule has 1 aliphatic heterocycles. The van der Waals surface area contributed by atoms with E-state index in [0.29, 0.717) is 11.5 Å². The van der Waals surface area contributed by atoms with Crippen LogP contribution >= 0.6 is 11.8 Å². The minimum absolute atomic E-state index is 0.465. The molecule has 19 heavy (non-hydrogen) atoms. The van der Waals surface area contributed by atoms with Crippen LogP contribution < -0.4 is 5.32 Å². The second-order valence-corrected chi connectivity index (χ2v) is 7.28. The van der Waals surface area contributed by atoms with Crippen LogP contribution in [0.5, 0.6) is 0 Å². The van der Waals surface area contributed by atoms with Crippen LogP contribution in [0.4, 0.5) is 0 Å². The Morgan fingerprint density at radius 2 is 1.95 bits per heavy atom. The van der Waals surface area contributed by atoms with Crippen molar-refractivity contribution < 1.29 is 0 Å². The van der Waals surface area contributed by atoms with Crippen molar-refractivity contribution >= 4 is 16.9 Å². The Hall–Kier alpha value is -0.180. The topological polar surface area (TPSA) is 24.4 Å². The molecule has 1 heterocycles. The lowest BCUT2D eigenvalue weighted by Gasteiger charge is -2.37. The molecule has 1 aliphatic carbocycles. The zero-order valence-corrected chi connectivity index (χ0v) is 13.7. The van der Waals surface area contributed by atoms with Crippen molar-refractivity contribution in [3.63, 3.8) is 0 Å². The van der Waals surface area contributed by atoms with Crippen molar-refractivity contribution in [3.05, 3.63) is 0 Å². The van der Waals surface area contributed by atoms with Crippen molar-refractivity contribution in [3.8, 4) is 0 Å². The van der Waals surface area contributed by atoms with Gasteiger partial charge in [-0.3, -0.25) is 4.99 Å². The van der Waals surface area contributed by atoms with Gasteiger partial charge in [0.05, 0.1) is 0 Å². The Morgan fingerprint density at radius 1 is 1.21 bits per heavy atom. The molecule has 2 atom stereocenters. The van der Waals surface area contributed by atoms with Crippen LogP contribution in [-0.4, -0.2) is 23.5 Å². The number of aliphatic imine (C=N–C) groups is 1. The fraction of sp³-hybridized carbons (Fsp3) is 0.938. The standard InChI is InChI=1S/C16H30N2S/c1-4-13-9-7-8-10-14(13)18-15-17-11-16(5-2,6-3)12-19-15/h13-14H,4-12H2,1-3H3,(H,17,18). The highest BCUT2D eigenvalue weighted by atomic mass is 32.2. The van der Waals surface area contributed by atoms with E-state index in [2.05, 4.69) is 26.1 Å². The maximum absolute atomic E-state index is 4.86. The summed E-state index contributed by atoms with van der Waals surface area (Å²) >= 11 is 1.96. The van der Waals surface area contributed by atoms with Gasteiger partial charge in [-0.1, -0.05) is 51.8 Å². The summed E-state index contributed by atoms with van der Waals surface area (Å²) in [7, 11) is 0. The van der Waals surface area contributed by atoms with Crippen molar-refractivity contribution in [2.75, 3.05) is 12.3 Å². The zero-order chi connectivity index (χ0) is 13.7. The second kappa shape index (κ2) is 7.01. The molecule has 2 aliphatic rings. The normalized spacial score (nSPS) is 30.8. The van der Waals surface area contributed by atoms with E-state index in [9.17, 15) is 0 Å². The number of amidine groups is 1. The van der Waals surface area contributed by atoms with Gasteiger partial charge in [0.15, 0.2) is 5.17 Å². The van der Waals surface area contributed by atoms with Crippen molar-refractivity contribution in [1.29, 1.82) is 0 Å². The first-order valence-electron chi connectivity index (χ1n) is 8.16. The van der Waals surface area contributed by atoms with Crippen molar-refractivity contribution in [1.82, 2.24) is 5.32 Å². The van der Waals surface area contributed by atoms with Gasteiger partial charge in [-0.15, -0.1) is 0 Å².